The van der Waals surface area contributed by atoms with E-state index in [0.29, 0.717) is 11.4 Å². The van der Waals surface area contributed by atoms with E-state index >= 15 is 0 Å². The van der Waals surface area contributed by atoms with Crippen molar-refractivity contribution in [1.29, 1.82) is 0 Å². The summed E-state index contributed by atoms with van der Waals surface area (Å²) in [6, 6.07) is 7.36. The molecule has 2 aromatic rings. The van der Waals surface area contributed by atoms with E-state index in [1.807, 2.05) is 13.8 Å². The average Bonchev–Trinajstić information content (AvgIpc) is 2.41. The molecule has 0 amide bonds. The first-order chi connectivity index (χ1) is 8.72. The van der Waals surface area contributed by atoms with Crippen molar-refractivity contribution in [1.82, 2.24) is 15.2 Å². The fourth-order valence-corrected chi connectivity index (χ4v) is 1.61. The van der Waals surface area contributed by atoms with Gasteiger partial charge in [0.15, 0.2) is 0 Å². The van der Waals surface area contributed by atoms with E-state index in [4.69, 9.17) is 10.5 Å². The maximum absolute atomic E-state index is 5.60. The van der Waals surface area contributed by atoms with Crippen molar-refractivity contribution < 1.29 is 4.74 Å². The Balaban J connectivity index is 2.21. The van der Waals surface area contributed by atoms with Crippen LogP contribution in [0, 0.1) is 0 Å². The third-order valence-corrected chi connectivity index (χ3v) is 2.58. The molecule has 0 aliphatic carbocycles. The van der Waals surface area contributed by atoms with E-state index in [1.54, 1.807) is 24.3 Å². The molecule has 5 heteroatoms. The van der Waals surface area contributed by atoms with Crippen LogP contribution in [0.15, 0.2) is 24.3 Å². The van der Waals surface area contributed by atoms with Crippen LogP contribution in [-0.4, -0.2) is 15.2 Å². The van der Waals surface area contributed by atoms with Gasteiger partial charge in [0.1, 0.15) is 5.75 Å². The molecule has 1 aromatic heterocycles. The van der Waals surface area contributed by atoms with Gasteiger partial charge in [0, 0.05) is 5.69 Å². The summed E-state index contributed by atoms with van der Waals surface area (Å²) in [7, 11) is 0. The first kappa shape index (κ1) is 12.3. The Labute approximate surface area is 106 Å². The third kappa shape index (κ3) is 2.74. The lowest BCUT2D eigenvalue weighted by Gasteiger charge is -2.06. The minimum atomic E-state index is 0.272. The van der Waals surface area contributed by atoms with Gasteiger partial charge in [-0.15, -0.1) is 5.10 Å². The molecule has 0 aliphatic rings. The molecule has 0 spiro atoms. The number of ether oxygens (including phenoxy) is 1. The SMILES string of the molecule is CCc1nnc(Oc2ccc(N)cc2)nc1CC. The van der Waals surface area contributed by atoms with Crippen molar-refractivity contribution in [2.45, 2.75) is 26.7 Å². The van der Waals surface area contributed by atoms with Crippen LogP contribution in [0.3, 0.4) is 0 Å². The number of nitrogens with two attached hydrogens (primary N) is 1. The highest BCUT2D eigenvalue weighted by molar-refractivity contribution is 5.42. The molecular formula is C13H16N4O. The van der Waals surface area contributed by atoms with Crippen LogP contribution < -0.4 is 10.5 Å². The molecule has 0 bridgehead atoms. The molecule has 0 aliphatic heterocycles. The lowest BCUT2D eigenvalue weighted by molar-refractivity contribution is 0.428. The van der Waals surface area contributed by atoms with Crippen LogP contribution in [-0.2, 0) is 12.8 Å². The van der Waals surface area contributed by atoms with Gasteiger partial charge < -0.3 is 10.5 Å². The van der Waals surface area contributed by atoms with E-state index in [2.05, 4.69) is 15.2 Å². The summed E-state index contributed by atoms with van der Waals surface area (Å²) >= 11 is 0. The molecule has 1 aromatic carbocycles. The summed E-state index contributed by atoms with van der Waals surface area (Å²) in [6.45, 7) is 4.07. The van der Waals surface area contributed by atoms with Gasteiger partial charge in [0.25, 0.3) is 0 Å². The molecular weight excluding hydrogens is 228 g/mol. The molecule has 94 valence electrons. The van der Waals surface area contributed by atoms with E-state index in [1.165, 1.54) is 0 Å². The van der Waals surface area contributed by atoms with Crippen LogP contribution in [0.25, 0.3) is 0 Å². The summed E-state index contributed by atoms with van der Waals surface area (Å²) < 4.78 is 5.54. The zero-order chi connectivity index (χ0) is 13.0. The monoisotopic (exact) mass is 244 g/mol. The number of aromatic nitrogens is 3. The van der Waals surface area contributed by atoms with Crippen molar-refractivity contribution >= 4 is 5.69 Å². The van der Waals surface area contributed by atoms with Crippen LogP contribution >= 0.6 is 0 Å². The van der Waals surface area contributed by atoms with Crippen LogP contribution in [0.5, 0.6) is 11.8 Å². The average molecular weight is 244 g/mol. The predicted octanol–water partition coefficient (Wildman–Crippen LogP) is 2.37. The summed E-state index contributed by atoms with van der Waals surface area (Å²) in [5, 5.41) is 8.08. The molecule has 0 radical (unpaired) electrons. The quantitative estimate of drug-likeness (QED) is 0.836. The van der Waals surface area contributed by atoms with E-state index in [0.717, 1.165) is 24.2 Å². The number of benzene rings is 1. The number of anilines is 1. The topological polar surface area (TPSA) is 73.9 Å². The Hall–Kier alpha value is -2.17. The van der Waals surface area contributed by atoms with Crippen LogP contribution in [0.2, 0.25) is 0 Å². The minimum absolute atomic E-state index is 0.272. The first-order valence-corrected chi connectivity index (χ1v) is 5.98. The van der Waals surface area contributed by atoms with Crippen molar-refractivity contribution in [3.63, 3.8) is 0 Å². The van der Waals surface area contributed by atoms with E-state index in [9.17, 15) is 0 Å². The zero-order valence-corrected chi connectivity index (χ0v) is 10.6. The summed E-state index contributed by atoms with van der Waals surface area (Å²) in [5.74, 6) is 0.650. The molecule has 1 heterocycles. The Bertz CT molecular complexity index is 525. The Morgan fingerprint density at radius 3 is 2.28 bits per heavy atom. The van der Waals surface area contributed by atoms with Gasteiger partial charge in [-0.25, -0.2) is 0 Å². The van der Waals surface area contributed by atoms with Crippen molar-refractivity contribution in [3.05, 3.63) is 35.7 Å². The molecule has 5 nitrogen and oxygen atoms in total. The fourth-order valence-electron chi connectivity index (χ4n) is 1.61. The Kier molecular flexibility index (Phi) is 3.72. The smallest absolute Gasteiger partial charge is 0.341 e. The third-order valence-electron chi connectivity index (χ3n) is 2.58. The molecule has 0 fully saturated rings. The number of hydrogen-bond donors (Lipinski definition) is 1. The lowest BCUT2D eigenvalue weighted by atomic mass is 10.2. The predicted molar refractivity (Wildman–Crippen MR) is 69.5 cm³/mol. The van der Waals surface area contributed by atoms with Crippen LogP contribution in [0.1, 0.15) is 25.2 Å². The van der Waals surface area contributed by atoms with E-state index in [-0.39, 0.29) is 6.01 Å². The highest BCUT2D eigenvalue weighted by atomic mass is 16.5. The number of aryl methyl sites for hydroxylation is 2. The molecule has 2 N–H and O–H groups in total. The maximum atomic E-state index is 5.60. The molecule has 0 saturated carbocycles. The number of rotatable bonds is 4. The number of hydrogen-bond acceptors (Lipinski definition) is 5. The Morgan fingerprint density at radius 2 is 1.67 bits per heavy atom. The highest BCUT2D eigenvalue weighted by Gasteiger charge is 2.07. The second kappa shape index (κ2) is 5.44. The summed E-state index contributed by atoms with van der Waals surface area (Å²) in [4.78, 5) is 4.35. The largest absolute Gasteiger partial charge is 0.423 e. The fraction of sp³-hybridized carbons (Fsp3) is 0.308. The maximum Gasteiger partial charge on any atom is 0.341 e. The van der Waals surface area contributed by atoms with Gasteiger partial charge in [-0.05, 0) is 37.1 Å². The summed E-state index contributed by atoms with van der Waals surface area (Å²) in [5.41, 5.74) is 8.14. The minimum Gasteiger partial charge on any atom is -0.423 e. The van der Waals surface area contributed by atoms with Gasteiger partial charge in [0.2, 0.25) is 0 Å². The van der Waals surface area contributed by atoms with Crippen molar-refractivity contribution in [3.8, 4) is 11.8 Å². The van der Waals surface area contributed by atoms with Gasteiger partial charge in [-0.3, -0.25) is 0 Å². The van der Waals surface area contributed by atoms with Gasteiger partial charge >= 0.3 is 6.01 Å². The van der Waals surface area contributed by atoms with Crippen LogP contribution in [0.4, 0.5) is 5.69 Å². The van der Waals surface area contributed by atoms with Gasteiger partial charge in [0.05, 0.1) is 11.4 Å². The normalized spacial score (nSPS) is 10.3. The number of nitrogen functional groups attached to an aromatic ring is 1. The lowest BCUT2D eigenvalue weighted by Crippen LogP contribution is -2.04. The second-order valence-corrected chi connectivity index (χ2v) is 3.87. The van der Waals surface area contributed by atoms with E-state index < -0.39 is 0 Å². The van der Waals surface area contributed by atoms with Crippen molar-refractivity contribution in [2.24, 2.45) is 0 Å². The first-order valence-electron chi connectivity index (χ1n) is 5.98. The second-order valence-electron chi connectivity index (χ2n) is 3.87. The molecule has 0 unspecified atom stereocenters. The standard InChI is InChI=1S/C13H16N4O/c1-3-11-12(4-2)16-17-13(15-11)18-10-7-5-9(14)6-8-10/h5-8H,3-4,14H2,1-2H3. The highest BCUT2D eigenvalue weighted by Crippen LogP contribution is 2.19. The van der Waals surface area contributed by atoms with Crippen molar-refractivity contribution in [2.75, 3.05) is 5.73 Å². The molecule has 18 heavy (non-hydrogen) atoms. The molecule has 0 saturated heterocycles. The number of nitrogens with zero attached hydrogens (tertiary/aromatic N) is 3. The Morgan fingerprint density at radius 1 is 1.00 bits per heavy atom. The molecule has 0 atom stereocenters. The van der Waals surface area contributed by atoms with Gasteiger partial charge in [-0.2, -0.15) is 4.98 Å². The zero-order valence-electron chi connectivity index (χ0n) is 10.6. The molecule has 2 rings (SSSR count). The van der Waals surface area contributed by atoms with Gasteiger partial charge in [-0.1, -0.05) is 18.9 Å². The summed E-state index contributed by atoms with van der Waals surface area (Å²) in [6.07, 6.45) is 1.64.